The fourth-order valence-corrected chi connectivity index (χ4v) is 5.31. The molecule has 3 unspecified atom stereocenters. The Morgan fingerprint density at radius 3 is 2.26 bits per heavy atom. The van der Waals surface area contributed by atoms with E-state index in [2.05, 4.69) is 12.2 Å². The SMILES string of the molecule is CC(=O)N1c2ccc(C(=O)O)cc2C(Nc2ccc(S(C)(=O)=O)cc2)C(C)C1C1CC1. The molecule has 8 heteroatoms. The van der Waals surface area contributed by atoms with Crippen molar-refractivity contribution in [3.05, 3.63) is 53.6 Å². The maximum Gasteiger partial charge on any atom is 0.335 e. The number of fused-ring (bicyclic) bond motifs is 1. The number of sulfone groups is 1. The lowest BCUT2D eigenvalue weighted by atomic mass is 9.79. The molecule has 0 aromatic heterocycles. The Balaban J connectivity index is 1.78. The number of rotatable bonds is 5. The van der Waals surface area contributed by atoms with Gasteiger partial charge in [-0.1, -0.05) is 6.92 Å². The number of hydrogen-bond donors (Lipinski definition) is 2. The van der Waals surface area contributed by atoms with Crippen LogP contribution in [0.5, 0.6) is 0 Å². The maximum atomic E-state index is 12.6. The van der Waals surface area contributed by atoms with E-state index in [1.54, 1.807) is 43.3 Å². The number of nitrogens with zero attached hydrogens (tertiary/aromatic N) is 1. The van der Waals surface area contributed by atoms with Crippen LogP contribution in [0.2, 0.25) is 0 Å². The van der Waals surface area contributed by atoms with Gasteiger partial charge in [-0.25, -0.2) is 13.2 Å². The molecule has 0 bridgehead atoms. The van der Waals surface area contributed by atoms with Gasteiger partial charge >= 0.3 is 5.97 Å². The Morgan fingerprint density at radius 1 is 1.10 bits per heavy atom. The number of nitrogens with one attached hydrogen (secondary N) is 1. The molecule has 1 saturated carbocycles. The first-order valence-electron chi connectivity index (χ1n) is 10.3. The summed E-state index contributed by atoms with van der Waals surface area (Å²) in [6.45, 7) is 3.63. The summed E-state index contributed by atoms with van der Waals surface area (Å²) in [4.78, 5) is 26.3. The lowest BCUT2D eigenvalue weighted by Crippen LogP contribution is -2.51. The molecule has 1 fully saturated rings. The number of benzene rings is 2. The summed E-state index contributed by atoms with van der Waals surface area (Å²) in [5.41, 5.74) is 2.39. The first-order valence-corrected chi connectivity index (χ1v) is 12.2. The van der Waals surface area contributed by atoms with Gasteiger partial charge in [0.05, 0.1) is 16.5 Å². The standard InChI is InChI=1S/C23H26N2O5S/c1-13-21(24-17-7-9-18(10-8-17)31(3,29)30)19-12-16(23(27)28)6-11-20(19)25(14(2)26)22(13)15-4-5-15/h6-13,15,21-22,24H,4-5H2,1-3H3,(H,27,28). The highest BCUT2D eigenvalue weighted by molar-refractivity contribution is 7.90. The highest BCUT2D eigenvalue weighted by Gasteiger charge is 2.47. The van der Waals surface area contributed by atoms with E-state index in [1.807, 2.05) is 4.90 Å². The number of carbonyl (C=O) groups is 2. The van der Waals surface area contributed by atoms with E-state index in [0.29, 0.717) is 5.92 Å². The zero-order valence-corrected chi connectivity index (χ0v) is 18.5. The molecule has 7 nitrogen and oxygen atoms in total. The molecular weight excluding hydrogens is 416 g/mol. The molecule has 2 aromatic rings. The second-order valence-electron chi connectivity index (χ2n) is 8.57. The zero-order chi connectivity index (χ0) is 22.5. The minimum absolute atomic E-state index is 0.0217. The molecule has 0 radical (unpaired) electrons. The van der Waals surface area contributed by atoms with E-state index in [1.165, 1.54) is 12.3 Å². The molecule has 31 heavy (non-hydrogen) atoms. The summed E-state index contributed by atoms with van der Waals surface area (Å²) < 4.78 is 23.5. The van der Waals surface area contributed by atoms with Crippen molar-refractivity contribution in [1.82, 2.24) is 0 Å². The Bertz CT molecular complexity index is 1140. The van der Waals surface area contributed by atoms with Crippen molar-refractivity contribution in [2.45, 2.75) is 43.7 Å². The van der Waals surface area contributed by atoms with Gasteiger partial charge in [0, 0.05) is 36.5 Å². The first kappa shape index (κ1) is 21.4. The van der Waals surface area contributed by atoms with E-state index in [9.17, 15) is 23.1 Å². The number of hydrogen-bond acceptors (Lipinski definition) is 5. The number of carboxylic acids is 1. The third-order valence-corrected chi connectivity index (χ3v) is 7.41. The Kier molecular flexibility index (Phi) is 5.29. The predicted octanol–water partition coefficient (Wildman–Crippen LogP) is 3.72. The lowest BCUT2D eigenvalue weighted by Gasteiger charge is -2.46. The van der Waals surface area contributed by atoms with Crippen LogP contribution in [0.15, 0.2) is 47.4 Å². The Hall–Kier alpha value is -2.87. The van der Waals surface area contributed by atoms with Gasteiger partial charge in [-0.05, 0) is 66.8 Å². The van der Waals surface area contributed by atoms with Crippen molar-refractivity contribution < 1.29 is 23.1 Å². The van der Waals surface area contributed by atoms with Crippen molar-refractivity contribution in [2.24, 2.45) is 11.8 Å². The van der Waals surface area contributed by atoms with Crippen molar-refractivity contribution in [3.8, 4) is 0 Å². The molecule has 2 aromatic carbocycles. The van der Waals surface area contributed by atoms with Gasteiger partial charge in [0.15, 0.2) is 9.84 Å². The minimum Gasteiger partial charge on any atom is -0.478 e. The normalized spacial score (nSPS) is 23.2. The number of aromatic carboxylic acids is 1. The van der Waals surface area contributed by atoms with Gasteiger partial charge in [-0.15, -0.1) is 0 Å². The minimum atomic E-state index is -3.29. The van der Waals surface area contributed by atoms with Crippen molar-refractivity contribution in [2.75, 3.05) is 16.5 Å². The van der Waals surface area contributed by atoms with Gasteiger partial charge in [0.25, 0.3) is 0 Å². The summed E-state index contributed by atoms with van der Waals surface area (Å²) in [5, 5.41) is 13.0. The highest BCUT2D eigenvalue weighted by Crippen LogP contribution is 2.50. The molecule has 1 heterocycles. The van der Waals surface area contributed by atoms with E-state index in [-0.39, 0.29) is 34.4 Å². The summed E-state index contributed by atoms with van der Waals surface area (Å²) in [6, 6.07) is 11.2. The molecule has 2 aliphatic rings. The van der Waals surface area contributed by atoms with E-state index in [0.717, 1.165) is 29.8 Å². The van der Waals surface area contributed by atoms with Crippen LogP contribution >= 0.6 is 0 Å². The summed E-state index contributed by atoms with van der Waals surface area (Å²) in [6.07, 6.45) is 3.30. The van der Waals surface area contributed by atoms with Crippen LogP contribution in [-0.2, 0) is 14.6 Å². The maximum absolute atomic E-state index is 12.6. The average Bonchev–Trinajstić information content (AvgIpc) is 3.53. The van der Waals surface area contributed by atoms with Gasteiger partial charge in [0.1, 0.15) is 0 Å². The molecule has 0 saturated heterocycles. The van der Waals surface area contributed by atoms with Gasteiger partial charge in [-0.2, -0.15) is 0 Å². The van der Waals surface area contributed by atoms with Gasteiger partial charge < -0.3 is 15.3 Å². The second kappa shape index (κ2) is 7.67. The quantitative estimate of drug-likeness (QED) is 0.731. The predicted molar refractivity (Wildman–Crippen MR) is 118 cm³/mol. The van der Waals surface area contributed by atoms with E-state index >= 15 is 0 Å². The van der Waals surface area contributed by atoms with Crippen LogP contribution in [0, 0.1) is 11.8 Å². The molecule has 164 valence electrons. The summed E-state index contributed by atoms with van der Waals surface area (Å²) >= 11 is 0. The monoisotopic (exact) mass is 442 g/mol. The van der Waals surface area contributed by atoms with E-state index < -0.39 is 15.8 Å². The van der Waals surface area contributed by atoms with Crippen molar-refractivity contribution in [3.63, 3.8) is 0 Å². The molecule has 1 aliphatic heterocycles. The van der Waals surface area contributed by atoms with Crippen molar-refractivity contribution >= 4 is 33.1 Å². The number of anilines is 2. The van der Waals surface area contributed by atoms with Gasteiger partial charge in [-0.3, -0.25) is 4.79 Å². The highest BCUT2D eigenvalue weighted by atomic mass is 32.2. The van der Waals surface area contributed by atoms with Crippen LogP contribution in [0.1, 0.15) is 48.7 Å². The summed E-state index contributed by atoms with van der Waals surface area (Å²) in [7, 11) is -3.29. The third kappa shape index (κ3) is 4.04. The number of carboxylic acid groups (broad SMARTS) is 1. The lowest BCUT2D eigenvalue weighted by molar-refractivity contribution is -0.117. The largest absolute Gasteiger partial charge is 0.478 e. The average molecular weight is 443 g/mol. The van der Waals surface area contributed by atoms with Crippen LogP contribution in [0.4, 0.5) is 11.4 Å². The zero-order valence-electron chi connectivity index (χ0n) is 17.7. The fraction of sp³-hybridized carbons (Fsp3) is 0.391. The molecular formula is C23H26N2O5S. The van der Waals surface area contributed by atoms with Gasteiger partial charge in [0.2, 0.25) is 5.91 Å². The summed E-state index contributed by atoms with van der Waals surface area (Å²) in [5.74, 6) is -0.625. The Morgan fingerprint density at radius 2 is 1.74 bits per heavy atom. The van der Waals surface area contributed by atoms with Crippen LogP contribution in [0.3, 0.4) is 0 Å². The Labute approximate surface area is 182 Å². The third-order valence-electron chi connectivity index (χ3n) is 6.28. The smallest absolute Gasteiger partial charge is 0.335 e. The fourth-order valence-electron chi connectivity index (χ4n) is 4.68. The molecule has 4 rings (SSSR count). The topological polar surface area (TPSA) is 104 Å². The molecule has 1 amide bonds. The van der Waals surface area contributed by atoms with Crippen molar-refractivity contribution in [1.29, 1.82) is 0 Å². The number of carbonyl (C=O) groups excluding carboxylic acids is 1. The first-order chi connectivity index (χ1) is 14.6. The molecule has 1 aliphatic carbocycles. The van der Waals surface area contributed by atoms with Crippen LogP contribution in [0.25, 0.3) is 0 Å². The second-order valence-corrected chi connectivity index (χ2v) is 10.6. The van der Waals surface area contributed by atoms with Crippen LogP contribution < -0.4 is 10.2 Å². The molecule has 2 N–H and O–H groups in total. The molecule has 0 spiro atoms. The number of amides is 1. The molecule has 3 atom stereocenters. The van der Waals surface area contributed by atoms with Crippen LogP contribution in [-0.4, -0.2) is 37.7 Å². The van der Waals surface area contributed by atoms with E-state index in [4.69, 9.17) is 0 Å².